The Bertz CT molecular complexity index is 2360. The quantitative estimate of drug-likeness (QED) is 0.0506. The summed E-state index contributed by atoms with van der Waals surface area (Å²) in [7, 11) is -13.2. The van der Waals surface area contributed by atoms with Gasteiger partial charge in [0.15, 0.2) is 40.0 Å². The Morgan fingerprint density at radius 2 is 0.622 bits per heavy atom. The zero-order chi connectivity index (χ0) is 70.5. The first-order chi connectivity index (χ1) is 39.2. The van der Waals surface area contributed by atoms with Gasteiger partial charge in [-0.1, -0.05) is 0 Å². The fraction of sp³-hybridized carbons (Fsp3) is 0.550. The molecule has 0 atom stereocenters. The minimum absolute atomic E-state index is 0. The van der Waals surface area contributed by atoms with Gasteiger partial charge in [0.25, 0.3) is 31.5 Å². The second-order valence-corrected chi connectivity index (χ2v) is 16.5. The van der Waals surface area contributed by atoms with Crippen LogP contribution in [0.1, 0.15) is 27.8 Å². The molecule has 90 heavy (non-hydrogen) atoms. The van der Waals surface area contributed by atoms with Gasteiger partial charge in [0.05, 0.1) is 26.4 Å². The second-order valence-electron chi connectivity index (χ2n) is 14.1. The van der Waals surface area contributed by atoms with Crippen molar-refractivity contribution < 1.29 is 274 Å². The molecule has 0 amide bonds. The van der Waals surface area contributed by atoms with Crippen molar-refractivity contribution in [3.8, 4) is 11.5 Å². The third-order valence-electron chi connectivity index (χ3n) is 6.75. The summed E-state index contributed by atoms with van der Waals surface area (Å²) in [6.07, 6.45) is -12.8. The minimum Gasteiger partial charge on any atom is -0.722 e. The monoisotopic (exact) mass is 1460 g/mol. The normalized spacial score (nSPS) is 11.1. The topological polar surface area (TPSA) is 277 Å². The maximum Gasteiger partial charge on any atom is 1.00 e. The van der Waals surface area contributed by atoms with Crippen LogP contribution in [0.3, 0.4) is 0 Å². The fourth-order valence-electron chi connectivity index (χ4n) is 3.63. The first kappa shape index (κ1) is 109. The molecule has 0 aromatic heterocycles. The maximum atomic E-state index is 13.2. The zero-order valence-corrected chi connectivity index (χ0v) is 53.1. The number of aliphatic hydroxyl groups excluding tert-OH is 2. The van der Waals surface area contributed by atoms with E-state index in [9.17, 15) is 113 Å². The van der Waals surface area contributed by atoms with Gasteiger partial charge in [0.2, 0.25) is 0 Å². The van der Waals surface area contributed by atoms with Crippen molar-refractivity contribution in [2.45, 2.75) is 49.9 Å². The molecule has 0 aliphatic carbocycles. The van der Waals surface area contributed by atoms with Gasteiger partial charge in [-0.05, 0) is 87.1 Å². The average molecular weight is 1460 g/mol. The summed E-state index contributed by atoms with van der Waals surface area (Å²) >= 11 is 0. The molecular weight excluding hydrogens is 1410 g/mol. The first-order valence-corrected chi connectivity index (χ1v) is 24.8. The molecule has 0 radical (unpaired) electrons. The van der Waals surface area contributed by atoms with Gasteiger partial charge < -0.3 is 42.8 Å². The standard InChI is InChI=1S/2C12H15F3O2.C8H5F5.3C2H2F4O.C2H6O2.3FHO3S.Li.2Na/c2*1-9-5-10(12(14,15)8-13)7-11(6-9)17-4-3-16-2;9-4-8(12,13)5-1-6(10)3-7(11)2-5;3*3-1-2(4,5)7-6;3-1-2-4;3*1-5(2,3)4;;;/h2*5-7H,3-4,8H2,1-2H3;1-3H,4H2;3*1H2;3-4H,1-2H2;3*(H,2,3,4);;;/q;;;;;;;;;;3*+1/p-3. The van der Waals surface area contributed by atoms with Crippen molar-refractivity contribution in [2.75, 3.05) is 93.9 Å². The van der Waals surface area contributed by atoms with Crippen molar-refractivity contribution in [1.29, 1.82) is 0 Å². The minimum atomic E-state index is -5.42. The summed E-state index contributed by atoms with van der Waals surface area (Å²) in [5.41, 5.74) is -0.529. The molecule has 0 fully saturated rings. The summed E-state index contributed by atoms with van der Waals surface area (Å²) in [6.45, 7) is -7.50. The summed E-state index contributed by atoms with van der Waals surface area (Å²) in [6, 6.07) is 9.31. The molecule has 0 heterocycles. The number of ether oxygens (including phenoxy) is 4. The first-order valence-electron chi connectivity index (χ1n) is 20.9. The Kier molecular flexibility index (Phi) is 67.5. The Labute approximate surface area is 551 Å². The van der Waals surface area contributed by atoms with Crippen LogP contribution in [0.15, 0.2) is 54.6 Å². The molecule has 0 saturated heterocycles. The Morgan fingerprint density at radius 1 is 0.411 bits per heavy atom. The molecule has 50 heteroatoms. The van der Waals surface area contributed by atoms with E-state index in [2.05, 4.69) is 0 Å². The number of hydrogen-bond donors (Lipinski definition) is 2. The van der Waals surface area contributed by atoms with Crippen molar-refractivity contribution in [3.05, 3.63) is 94.0 Å². The molecule has 0 bridgehead atoms. The smallest absolute Gasteiger partial charge is 0.722 e. The van der Waals surface area contributed by atoms with E-state index in [0.29, 0.717) is 54.0 Å². The van der Waals surface area contributed by atoms with Crippen LogP contribution < -0.4 is 87.4 Å². The van der Waals surface area contributed by atoms with E-state index >= 15 is 0 Å². The third-order valence-corrected chi connectivity index (χ3v) is 6.75. The van der Waals surface area contributed by atoms with Gasteiger partial charge in [-0.15, -0.1) is 26.5 Å². The van der Waals surface area contributed by atoms with Gasteiger partial charge in [-0.25, -0.2) is 60.4 Å². The molecule has 0 aliphatic rings. The Balaban J connectivity index is -0.000000103. The number of benzene rings is 3. The number of rotatable bonds is 21. The predicted octanol–water partition coefficient (Wildman–Crippen LogP) is 1.77. The van der Waals surface area contributed by atoms with E-state index in [4.69, 9.17) is 68.1 Å². The number of hydrogen-bond acceptors (Lipinski definition) is 18. The largest absolute Gasteiger partial charge is 1.00 e. The summed E-state index contributed by atoms with van der Waals surface area (Å²) in [4.78, 5) is 5.64. The van der Waals surface area contributed by atoms with E-state index in [1.807, 2.05) is 14.8 Å². The molecule has 518 valence electrons. The van der Waals surface area contributed by atoms with Crippen LogP contribution in [0, 0.1) is 25.5 Å². The van der Waals surface area contributed by atoms with Crippen LogP contribution in [-0.4, -0.2) is 161 Å². The van der Waals surface area contributed by atoms with Gasteiger partial charge in [0.1, 0.15) is 36.3 Å². The Morgan fingerprint density at radius 3 is 0.778 bits per heavy atom. The average Bonchev–Trinajstić information content (AvgIpc) is 3.40. The summed E-state index contributed by atoms with van der Waals surface area (Å²) in [5.74, 6) is -12.5. The predicted molar refractivity (Wildman–Crippen MR) is 239 cm³/mol. The van der Waals surface area contributed by atoms with Gasteiger partial charge >= 0.3 is 114 Å². The van der Waals surface area contributed by atoms with Crippen molar-refractivity contribution in [2.24, 2.45) is 0 Å². The molecule has 3 rings (SSSR count). The van der Waals surface area contributed by atoms with Crippen LogP contribution in [0.25, 0.3) is 0 Å². The SMILES string of the molecule is COCCOc1cc(C)cc(C(F)(F)CF)c1.COCCOc1cc(C)cc(C(F)(F)CF)c1.FCC(F)(F)OF.FCC(F)(F)OF.FCC(F)(F)OF.FCC(F)(F)c1cc(F)cc(F)c1.O=S(=O)([O-])F.O=S(=O)([O-])F.O=S(=O)([O-])F.OCCO.[Li+].[Na+].[Na+]. The van der Waals surface area contributed by atoms with Crippen LogP contribution >= 0.6 is 0 Å². The third kappa shape index (κ3) is 76.2. The zero-order valence-electron chi connectivity index (χ0n) is 46.7. The maximum absolute atomic E-state index is 13.2. The Hall–Kier alpha value is -2.51. The van der Waals surface area contributed by atoms with E-state index in [1.54, 1.807) is 26.0 Å². The summed E-state index contributed by atoms with van der Waals surface area (Å²) < 4.78 is 393. The second kappa shape index (κ2) is 55.7. The van der Waals surface area contributed by atoms with Crippen molar-refractivity contribution in [3.63, 3.8) is 0 Å². The molecule has 18 nitrogen and oxygen atoms in total. The molecule has 3 aromatic rings. The molecule has 2 N–H and O–H groups in total. The van der Waals surface area contributed by atoms with Gasteiger partial charge in [0, 0.05) is 37.0 Å². The van der Waals surface area contributed by atoms with Crippen molar-refractivity contribution >= 4 is 31.5 Å². The van der Waals surface area contributed by atoms with Crippen LogP contribution in [0.5, 0.6) is 11.5 Å². The van der Waals surface area contributed by atoms with Crippen LogP contribution in [0.2, 0.25) is 0 Å². The molecule has 0 aliphatic heterocycles. The van der Waals surface area contributed by atoms with Crippen LogP contribution in [0.4, 0.5) is 113 Å². The number of methoxy groups -OCH3 is 2. The molecule has 0 unspecified atom stereocenters. The van der Waals surface area contributed by atoms with E-state index in [1.165, 1.54) is 26.4 Å². The van der Waals surface area contributed by atoms with Crippen molar-refractivity contribution in [1.82, 2.24) is 0 Å². The number of alkyl halides is 18. The van der Waals surface area contributed by atoms with E-state index in [0.717, 1.165) is 12.1 Å². The molecule has 0 spiro atoms. The summed E-state index contributed by atoms with van der Waals surface area (Å²) in [5, 5.41) is 15.2. The molecule has 0 saturated carbocycles. The number of halogens is 26. The van der Waals surface area contributed by atoms with Gasteiger partial charge in [-0.3, -0.25) is 0 Å². The molecule has 3 aromatic carbocycles. The molecular formula is C40H47F26LiNa2O18S3. The van der Waals surface area contributed by atoms with Crippen LogP contribution in [-0.2, 0) is 73.6 Å². The van der Waals surface area contributed by atoms with E-state index < -0.39 is 125 Å². The fourth-order valence-corrected chi connectivity index (χ4v) is 3.63. The number of aryl methyl sites for hydroxylation is 2. The van der Waals surface area contributed by atoms with E-state index in [-0.39, 0.29) is 116 Å². The van der Waals surface area contributed by atoms with Gasteiger partial charge in [-0.2, -0.15) is 52.7 Å². The number of aliphatic hydroxyl groups is 2.